The minimum Gasteiger partial charge on any atom is -0.477 e. The molecule has 0 aliphatic carbocycles. The van der Waals surface area contributed by atoms with Crippen molar-refractivity contribution in [2.24, 2.45) is 11.8 Å². The van der Waals surface area contributed by atoms with Crippen LogP contribution in [0.5, 0.6) is 5.88 Å². The number of likely N-dealkylation sites (tertiary alicyclic amines) is 1. The molecule has 2 atom stereocenters. The number of ether oxygens (including phenoxy) is 1. The van der Waals surface area contributed by atoms with Crippen molar-refractivity contribution in [3.8, 4) is 5.88 Å². The third-order valence-electron chi connectivity index (χ3n) is 5.80. The van der Waals surface area contributed by atoms with Crippen LogP contribution in [0, 0.1) is 11.8 Å². The number of anilines is 1. The Morgan fingerprint density at radius 2 is 1.83 bits per heavy atom. The standard InChI is InChI=1S/C22H29N5O2/c1-5-29-20-17(7-6-10-23-20)21(28)27-13-15-11-26(12-16(15)14-27)19-9-8-18(24-25-19)22(2,3)4/h6-10,15-16H,5,11-14H2,1-4H3. The van der Waals surface area contributed by atoms with Gasteiger partial charge in [-0.2, -0.15) is 5.10 Å². The second-order valence-electron chi connectivity index (χ2n) is 8.95. The molecule has 0 spiro atoms. The number of rotatable bonds is 4. The minimum absolute atomic E-state index is 0.000545. The van der Waals surface area contributed by atoms with Crippen molar-refractivity contribution in [3.63, 3.8) is 0 Å². The summed E-state index contributed by atoms with van der Waals surface area (Å²) in [7, 11) is 0. The average molecular weight is 396 g/mol. The molecule has 7 heteroatoms. The van der Waals surface area contributed by atoms with Crippen LogP contribution in [-0.4, -0.2) is 58.8 Å². The lowest BCUT2D eigenvalue weighted by molar-refractivity contribution is 0.0777. The van der Waals surface area contributed by atoms with Gasteiger partial charge in [0.25, 0.3) is 5.91 Å². The van der Waals surface area contributed by atoms with E-state index in [2.05, 4.69) is 53.0 Å². The van der Waals surface area contributed by atoms with Crippen molar-refractivity contribution in [2.75, 3.05) is 37.7 Å². The van der Waals surface area contributed by atoms with Crippen molar-refractivity contribution in [3.05, 3.63) is 41.7 Å². The molecule has 2 aromatic rings. The number of aromatic nitrogens is 3. The summed E-state index contributed by atoms with van der Waals surface area (Å²) in [5.41, 5.74) is 1.55. The van der Waals surface area contributed by atoms with Crippen LogP contribution in [0.2, 0.25) is 0 Å². The molecule has 0 bridgehead atoms. The number of hydrogen-bond acceptors (Lipinski definition) is 6. The van der Waals surface area contributed by atoms with Gasteiger partial charge in [-0.05, 0) is 31.2 Å². The molecule has 2 aromatic heterocycles. The summed E-state index contributed by atoms with van der Waals surface area (Å²) in [5, 5.41) is 8.88. The van der Waals surface area contributed by atoms with Crippen molar-refractivity contribution in [1.82, 2.24) is 20.1 Å². The second-order valence-corrected chi connectivity index (χ2v) is 8.95. The van der Waals surface area contributed by atoms with Gasteiger partial charge in [0.05, 0.1) is 12.3 Å². The molecule has 0 saturated carbocycles. The summed E-state index contributed by atoms with van der Waals surface area (Å²) in [6, 6.07) is 7.73. The Balaban J connectivity index is 1.41. The highest BCUT2D eigenvalue weighted by Gasteiger charge is 2.42. The van der Waals surface area contributed by atoms with E-state index in [0.717, 1.165) is 37.7 Å². The summed E-state index contributed by atoms with van der Waals surface area (Å²) in [4.78, 5) is 21.5. The van der Waals surface area contributed by atoms with Crippen molar-refractivity contribution >= 4 is 11.7 Å². The van der Waals surface area contributed by atoms with Gasteiger partial charge in [-0.25, -0.2) is 4.98 Å². The van der Waals surface area contributed by atoms with Gasteiger partial charge in [-0.15, -0.1) is 5.10 Å². The molecule has 0 radical (unpaired) electrons. The second kappa shape index (κ2) is 7.61. The van der Waals surface area contributed by atoms with E-state index in [-0.39, 0.29) is 11.3 Å². The number of amides is 1. The summed E-state index contributed by atoms with van der Waals surface area (Å²) in [6.07, 6.45) is 1.66. The van der Waals surface area contributed by atoms with Crippen LogP contribution in [0.1, 0.15) is 43.7 Å². The van der Waals surface area contributed by atoms with Gasteiger partial charge in [0.1, 0.15) is 5.56 Å². The maximum absolute atomic E-state index is 13.0. The van der Waals surface area contributed by atoms with Gasteiger partial charge in [-0.1, -0.05) is 20.8 Å². The Kier molecular flexibility index (Phi) is 5.15. The number of carbonyl (C=O) groups excluding carboxylic acids is 1. The van der Waals surface area contributed by atoms with Crippen LogP contribution in [-0.2, 0) is 5.41 Å². The highest BCUT2D eigenvalue weighted by atomic mass is 16.5. The van der Waals surface area contributed by atoms with Crippen LogP contribution >= 0.6 is 0 Å². The molecule has 4 rings (SSSR count). The smallest absolute Gasteiger partial charge is 0.259 e. The SMILES string of the molecule is CCOc1ncccc1C(=O)N1CC2CN(c3ccc(C(C)(C)C)nn3)CC2C1. The number of nitrogens with zero attached hydrogens (tertiary/aromatic N) is 5. The van der Waals surface area contributed by atoms with Crippen molar-refractivity contribution < 1.29 is 9.53 Å². The van der Waals surface area contributed by atoms with Gasteiger partial charge >= 0.3 is 0 Å². The molecule has 0 aromatic carbocycles. The Labute approximate surface area is 172 Å². The molecule has 0 N–H and O–H groups in total. The molecule has 2 aliphatic rings. The zero-order chi connectivity index (χ0) is 20.6. The normalized spacial score (nSPS) is 21.4. The third-order valence-corrected chi connectivity index (χ3v) is 5.80. The first-order chi connectivity index (χ1) is 13.9. The Hall–Kier alpha value is -2.70. The number of fused-ring (bicyclic) bond motifs is 1. The van der Waals surface area contributed by atoms with E-state index >= 15 is 0 Å². The fourth-order valence-corrected chi connectivity index (χ4v) is 4.22. The molecule has 2 aliphatic heterocycles. The lowest BCUT2D eigenvalue weighted by atomic mass is 9.92. The van der Waals surface area contributed by atoms with Gasteiger partial charge in [0.2, 0.25) is 5.88 Å². The zero-order valence-electron chi connectivity index (χ0n) is 17.6. The quantitative estimate of drug-likeness (QED) is 0.793. The molecule has 2 fully saturated rings. The van der Waals surface area contributed by atoms with E-state index in [0.29, 0.717) is 29.9 Å². The van der Waals surface area contributed by atoms with Crippen LogP contribution in [0.25, 0.3) is 0 Å². The molecule has 1 amide bonds. The summed E-state index contributed by atoms with van der Waals surface area (Å²) in [5.74, 6) is 2.27. The zero-order valence-corrected chi connectivity index (χ0v) is 17.6. The van der Waals surface area contributed by atoms with Crippen LogP contribution < -0.4 is 9.64 Å². The average Bonchev–Trinajstić information content (AvgIpc) is 3.27. The summed E-state index contributed by atoms with van der Waals surface area (Å²) < 4.78 is 5.54. The van der Waals surface area contributed by atoms with E-state index in [1.54, 1.807) is 18.3 Å². The Bertz CT molecular complexity index is 864. The maximum atomic E-state index is 13.0. The molecule has 29 heavy (non-hydrogen) atoms. The van der Waals surface area contributed by atoms with Gasteiger partial charge < -0.3 is 14.5 Å². The number of hydrogen-bond donors (Lipinski definition) is 0. The third kappa shape index (κ3) is 3.91. The first-order valence-corrected chi connectivity index (χ1v) is 10.3. The summed E-state index contributed by atoms with van der Waals surface area (Å²) in [6.45, 7) is 12.1. The Morgan fingerprint density at radius 3 is 2.41 bits per heavy atom. The monoisotopic (exact) mass is 395 g/mol. The molecular formula is C22H29N5O2. The maximum Gasteiger partial charge on any atom is 0.259 e. The molecule has 4 heterocycles. The summed E-state index contributed by atoms with van der Waals surface area (Å²) >= 11 is 0. The van der Waals surface area contributed by atoms with Gasteiger partial charge in [0.15, 0.2) is 5.82 Å². The van der Waals surface area contributed by atoms with Gasteiger partial charge in [-0.3, -0.25) is 4.79 Å². The fourth-order valence-electron chi connectivity index (χ4n) is 4.22. The molecule has 7 nitrogen and oxygen atoms in total. The predicted octanol–water partition coefficient (Wildman–Crippen LogP) is 2.78. The topological polar surface area (TPSA) is 71.5 Å². The highest BCUT2D eigenvalue weighted by Crippen LogP contribution is 2.34. The molecule has 2 unspecified atom stereocenters. The molecule has 2 saturated heterocycles. The largest absolute Gasteiger partial charge is 0.477 e. The first-order valence-electron chi connectivity index (χ1n) is 10.3. The lowest BCUT2D eigenvalue weighted by Gasteiger charge is -2.23. The van der Waals surface area contributed by atoms with E-state index in [4.69, 9.17) is 4.74 Å². The first kappa shape index (κ1) is 19.6. The minimum atomic E-state index is 0.000545. The van der Waals surface area contributed by atoms with Crippen molar-refractivity contribution in [2.45, 2.75) is 33.1 Å². The fraction of sp³-hybridized carbons (Fsp3) is 0.545. The lowest BCUT2D eigenvalue weighted by Crippen LogP contribution is -2.34. The van der Waals surface area contributed by atoms with E-state index in [1.165, 1.54) is 0 Å². The van der Waals surface area contributed by atoms with Crippen LogP contribution in [0.3, 0.4) is 0 Å². The van der Waals surface area contributed by atoms with Crippen LogP contribution in [0.4, 0.5) is 5.82 Å². The predicted molar refractivity (Wildman–Crippen MR) is 111 cm³/mol. The Morgan fingerprint density at radius 1 is 1.10 bits per heavy atom. The van der Waals surface area contributed by atoms with E-state index < -0.39 is 0 Å². The molecule has 154 valence electrons. The van der Waals surface area contributed by atoms with E-state index in [9.17, 15) is 4.79 Å². The van der Waals surface area contributed by atoms with E-state index in [1.807, 2.05) is 11.8 Å². The molecular weight excluding hydrogens is 366 g/mol. The number of pyridine rings is 1. The number of carbonyl (C=O) groups is 1. The van der Waals surface area contributed by atoms with Crippen molar-refractivity contribution in [1.29, 1.82) is 0 Å². The van der Waals surface area contributed by atoms with Crippen LogP contribution in [0.15, 0.2) is 30.5 Å². The van der Waals surface area contributed by atoms with Gasteiger partial charge in [0, 0.05) is 49.6 Å². The highest BCUT2D eigenvalue weighted by molar-refractivity contribution is 5.96.